The molecule has 0 bridgehead atoms. The number of thiocarbonyl (C=S) groups is 1. The molecule has 1 saturated heterocycles. The van der Waals surface area contributed by atoms with E-state index in [1.54, 1.807) is 11.8 Å². The number of thioether (sulfide) groups is 1. The molecule has 1 heterocycles. The molecule has 1 saturated carbocycles. The highest BCUT2D eigenvalue weighted by atomic mass is 32.2. The lowest BCUT2D eigenvalue weighted by molar-refractivity contribution is -0.129. The topological polar surface area (TPSA) is 32.3 Å². The molecule has 2 fully saturated rings. The van der Waals surface area contributed by atoms with Gasteiger partial charge in [-0.1, -0.05) is 19.3 Å². The van der Waals surface area contributed by atoms with Crippen molar-refractivity contribution in [2.24, 2.45) is 0 Å². The van der Waals surface area contributed by atoms with E-state index in [9.17, 15) is 4.79 Å². The van der Waals surface area contributed by atoms with Gasteiger partial charge >= 0.3 is 0 Å². The Kier molecular flexibility index (Phi) is 4.68. The van der Waals surface area contributed by atoms with Gasteiger partial charge in [0, 0.05) is 6.04 Å². The minimum atomic E-state index is -0.0723. The molecule has 1 amide bonds. The normalized spacial score (nSPS) is 26.4. The van der Waals surface area contributed by atoms with E-state index >= 15 is 0 Å². The molecule has 5 heteroatoms. The maximum absolute atomic E-state index is 12.3. The van der Waals surface area contributed by atoms with Crippen molar-refractivity contribution in [1.82, 2.24) is 10.2 Å². The van der Waals surface area contributed by atoms with Crippen molar-refractivity contribution in [3.05, 3.63) is 0 Å². The fourth-order valence-corrected chi connectivity index (χ4v) is 3.52. The molecule has 1 atom stereocenters. The van der Waals surface area contributed by atoms with E-state index in [4.69, 9.17) is 12.2 Å². The summed E-state index contributed by atoms with van der Waals surface area (Å²) in [6.07, 6.45) is 8.93. The van der Waals surface area contributed by atoms with Crippen LogP contribution in [0, 0.1) is 0 Å². The van der Waals surface area contributed by atoms with Gasteiger partial charge in [-0.2, -0.15) is 11.8 Å². The van der Waals surface area contributed by atoms with E-state index < -0.39 is 0 Å². The van der Waals surface area contributed by atoms with Gasteiger partial charge in [-0.3, -0.25) is 9.69 Å². The highest BCUT2D eigenvalue weighted by Crippen LogP contribution is 2.26. The van der Waals surface area contributed by atoms with Crippen molar-refractivity contribution >= 4 is 35.0 Å². The number of hydrogen-bond donors (Lipinski definition) is 1. The van der Waals surface area contributed by atoms with E-state index in [1.807, 2.05) is 4.90 Å². The molecule has 3 nitrogen and oxygen atoms in total. The molecule has 0 aromatic rings. The van der Waals surface area contributed by atoms with Gasteiger partial charge in [0.25, 0.3) is 5.91 Å². The van der Waals surface area contributed by atoms with Crippen LogP contribution in [0.3, 0.4) is 0 Å². The first-order valence-electron chi connectivity index (χ1n) is 6.36. The molecule has 0 radical (unpaired) electrons. The van der Waals surface area contributed by atoms with Crippen LogP contribution < -0.4 is 5.32 Å². The summed E-state index contributed by atoms with van der Waals surface area (Å²) in [6.45, 7) is 0. The van der Waals surface area contributed by atoms with Crippen molar-refractivity contribution in [2.75, 3.05) is 12.0 Å². The van der Waals surface area contributed by atoms with Crippen molar-refractivity contribution in [2.45, 2.75) is 50.6 Å². The molecule has 1 N–H and O–H groups in total. The van der Waals surface area contributed by atoms with Gasteiger partial charge in [0.05, 0.1) is 0 Å². The third-order valence-electron chi connectivity index (χ3n) is 3.60. The summed E-state index contributed by atoms with van der Waals surface area (Å²) in [5.41, 5.74) is 0. The fraction of sp³-hybridized carbons (Fsp3) is 0.833. The number of nitrogens with one attached hydrogen (secondary N) is 1. The predicted molar refractivity (Wildman–Crippen MR) is 76.2 cm³/mol. The Morgan fingerprint density at radius 1 is 1.41 bits per heavy atom. The number of carbonyl (C=O) groups excluding carboxylic acids is 1. The molecule has 17 heavy (non-hydrogen) atoms. The second-order valence-corrected chi connectivity index (χ2v) is 6.16. The van der Waals surface area contributed by atoms with Crippen LogP contribution in [0.2, 0.25) is 0 Å². The molecule has 0 aromatic carbocycles. The average molecular weight is 272 g/mol. The lowest BCUT2D eigenvalue weighted by Gasteiger charge is -2.30. The second-order valence-electron chi connectivity index (χ2n) is 4.78. The predicted octanol–water partition coefficient (Wildman–Crippen LogP) is 2.16. The van der Waals surface area contributed by atoms with Crippen molar-refractivity contribution in [3.63, 3.8) is 0 Å². The van der Waals surface area contributed by atoms with Crippen LogP contribution in [-0.2, 0) is 4.79 Å². The lowest BCUT2D eigenvalue weighted by Crippen LogP contribution is -2.41. The van der Waals surface area contributed by atoms with Crippen LogP contribution in [0.1, 0.15) is 38.5 Å². The van der Waals surface area contributed by atoms with Gasteiger partial charge < -0.3 is 5.32 Å². The Bertz CT molecular complexity index is 303. The Hall–Kier alpha value is -0.290. The van der Waals surface area contributed by atoms with Crippen molar-refractivity contribution in [1.29, 1.82) is 0 Å². The van der Waals surface area contributed by atoms with Gasteiger partial charge in [0.15, 0.2) is 5.11 Å². The molecule has 0 spiro atoms. The maximum atomic E-state index is 12.3. The van der Waals surface area contributed by atoms with Gasteiger partial charge in [0.1, 0.15) is 6.04 Å². The molecule has 0 aromatic heterocycles. The first-order valence-corrected chi connectivity index (χ1v) is 8.16. The molecule has 96 valence electrons. The standard InChI is InChI=1S/C12H20N2OS2/c1-17-8-7-10-11(15)14(12(16)13-10)9-5-3-2-4-6-9/h9-10H,2-8H2,1H3,(H,13,16)/t10-/m1/s1. The second kappa shape index (κ2) is 6.05. The molecule has 1 aliphatic heterocycles. The van der Waals surface area contributed by atoms with E-state index in [0.717, 1.165) is 25.0 Å². The lowest BCUT2D eigenvalue weighted by atomic mass is 9.94. The summed E-state index contributed by atoms with van der Waals surface area (Å²) in [5.74, 6) is 1.21. The third kappa shape index (κ3) is 2.94. The molecular weight excluding hydrogens is 252 g/mol. The van der Waals surface area contributed by atoms with Gasteiger partial charge in [-0.25, -0.2) is 0 Å². The maximum Gasteiger partial charge on any atom is 0.251 e. The van der Waals surface area contributed by atoms with Crippen LogP contribution in [0.4, 0.5) is 0 Å². The van der Waals surface area contributed by atoms with Gasteiger partial charge in [-0.05, 0) is 43.5 Å². The first kappa shape index (κ1) is 13.1. The van der Waals surface area contributed by atoms with Crippen molar-refractivity contribution in [3.8, 4) is 0 Å². The molecule has 1 aliphatic carbocycles. The number of nitrogens with zero attached hydrogens (tertiary/aromatic N) is 1. The number of amides is 1. The van der Waals surface area contributed by atoms with Crippen LogP contribution in [-0.4, -0.2) is 40.0 Å². The van der Waals surface area contributed by atoms with Crippen LogP contribution in [0.5, 0.6) is 0 Å². The SMILES string of the molecule is CSCC[C@H]1NC(=S)N(C2CCCCC2)C1=O. The monoisotopic (exact) mass is 272 g/mol. The molecular formula is C12H20N2OS2. The fourth-order valence-electron chi connectivity index (χ4n) is 2.66. The minimum absolute atomic E-state index is 0.0723. The highest BCUT2D eigenvalue weighted by molar-refractivity contribution is 7.98. The van der Waals surface area contributed by atoms with Gasteiger partial charge in [-0.15, -0.1) is 0 Å². The Balaban J connectivity index is 1.97. The highest BCUT2D eigenvalue weighted by Gasteiger charge is 2.39. The average Bonchev–Trinajstić information content (AvgIpc) is 2.63. The summed E-state index contributed by atoms with van der Waals surface area (Å²) in [7, 11) is 0. The van der Waals surface area contributed by atoms with Crippen LogP contribution in [0.15, 0.2) is 0 Å². The smallest absolute Gasteiger partial charge is 0.251 e. The zero-order valence-electron chi connectivity index (χ0n) is 10.3. The van der Waals surface area contributed by atoms with E-state index in [1.165, 1.54) is 19.3 Å². The zero-order chi connectivity index (χ0) is 12.3. The van der Waals surface area contributed by atoms with E-state index in [-0.39, 0.29) is 11.9 Å². The number of rotatable bonds is 4. The van der Waals surface area contributed by atoms with E-state index in [2.05, 4.69) is 11.6 Å². The Morgan fingerprint density at radius 2 is 2.12 bits per heavy atom. The van der Waals surface area contributed by atoms with Crippen molar-refractivity contribution < 1.29 is 4.79 Å². The molecule has 2 rings (SSSR count). The summed E-state index contributed by atoms with van der Waals surface area (Å²) in [4.78, 5) is 14.1. The summed E-state index contributed by atoms with van der Waals surface area (Å²) < 4.78 is 0. The summed E-state index contributed by atoms with van der Waals surface area (Å²) in [6, 6.07) is 0.285. The first-order chi connectivity index (χ1) is 8.24. The largest absolute Gasteiger partial charge is 0.350 e. The Labute approximate surface area is 113 Å². The number of hydrogen-bond acceptors (Lipinski definition) is 3. The van der Waals surface area contributed by atoms with E-state index in [0.29, 0.717) is 11.2 Å². The zero-order valence-corrected chi connectivity index (χ0v) is 11.9. The van der Waals surface area contributed by atoms with Crippen LogP contribution >= 0.6 is 24.0 Å². The summed E-state index contributed by atoms with van der Waals surface area (Å²) in [5, 5.41) is 3.84. The third-order valence-corrected chi connectivity index (χ3v) is 4.56. The summed E-state index contributed by atoms with van der Waals surface area (Å²) >= 11 is 7.09. The quantitative estimate of drug-likeness (QED) is 0.795. The van der Waals surface area contributed by atoms with Crippen LogP contribution in [0.25, 0.3) is 0 Å². The number of carbonyl (C=O) groups is 1. The minimum Gasteiger partial charge on any atom is -0.350 e. The molecule has 2 aliphatic rings. The van der Waals surface area contributed by atoms with Gasteiger partial charge in [0.2, 0.25) is 0 Å². The molecule has 0 unspecified atom stereocenters. The Morgan fingerprint density at radius 3 is 2.76 bits per heavy atom.